The number of hydrogen-bond donors (Lipinski definition) is 0. The summed E-state index contributed by atoms with van der Waals surface area (Å²) in [6.45, 7) is 3.34. The van der Waals surface area contributed by atoms with E-state index in [2.05, 4.69) is 16.0 Å². The second kappa shape index (κ2) is 10.5. The van der Waals surface area contributed by atoms with Gasteiger partial charge in [-0.25, -0.2) is 4.98 Å². The summed E-state index contributed by atoms with van der Waals surface area (Å²) in [6, 6.07) is 18.2. The zero-order chi connectivity index (χ0) is 23.9. The number of nitriles is 1. The van der Waals surface area contributed by atoms with Gasteiger partial charge in [0.05, 0.1) is 10.9 Å². The molecule has 1 aromatic carbocycles. The van der Waals surface area contributed by atoms with Crippen molar-refractivity contribution in [2.24, 2.45) is 4.99 Å². The summed E-state index contributed by atoms with van der Waals surface area (Å²) >= 11 is 0. The third-order valence-electron chi connectivity index (χ3n) is 5.22. The van der Waals surface area contributed by atoms with Gasteiger partial charge in [-0.1, -0.05) is 36.4 Å². The van der Waals surface area contributed by atoms with Crippen LogP contribution in [0.15, 0.2) is 76.7 Å². The zero-order valence-corrected chi connectivity index (χ0v) is 18.7. The minimum atomic E-state index is -0.518. The van der Waals surface area contributed by atoms with Gasteiger partial charge in [0.2, 0.25) is 0 Å². The first kappa shape index (κ1) is 22.8. The number of carbonyl (C=O) groups is 1. The molecule has 0 aliphatic carbocycles. The first-order chi connectivity index (χ1) is 16.6. The van der Waals surface area contributed by atoms with Crippen LogP contribution in [0.4, 0.5) is 0 Å². The highest BCUT2D eigenvalue weighted by Crippen LogP contribution is 2.11. The summed E-state index contributed by atoms with van der Waals surface area (Å²) < 4.78 is 8.54. The minimum absolute atomic E-state index is 0.125. The smallest absolute Gasteiger partial charge is 0.271 e. The van der Waals surface area contributed by atoms with Crippen molar-refractivity contribution in [2.75, 3.05) is 13.2 Å². The number of amides is 1. The summed E-state index contributed by atoms with van der Waals surface area (Å²) in [5.41, 5.74) is 1.68. The molecule has 0 aliphatic rings. The van der Waals surface area contributed by atoms with E-state index < -0.39 is 5.91 Å². The molecular formula is C26H23N5O3. The topological polar surface area (TPSA) is 102 Å². The molecule has 0 atom stereocenters. The molecule has 0 bridgehead atoms. The van der Waals surface area contributed by atoms with Gasteiger partial charge < -0.3 is 9.30 Å². The van der Waals surface area contributed by atoms with E-state index in [4.69, 9.17) is 4.74 Å². The fourth-order valence-electron chi connectivity index (χ4n) is 3.63. The number of fused-ring (bicyclic) bond motifs is 2. The highest BCUT2D eigenvalue weighted by molar-refractivity contribution is 5.92. The van der Waals surface area contributed by atoms with Crippen molar-refractivity contribution in [3.63, 3.8) is 0 Å². The van der Waals surface area contributed by atoms with Crippen LogP contribution < -0.4 is 11.0 Å². The zero-order valence-electron chi connectivity index (χ0n) is 18.7. The fraction of sp³-hybridized carbons (Fsp3) is 0.192. The van der Waals surface area contributed by atoms with Gasteiger partial charge in [-0.2, -0.15) is 10.3 Å². The van der Waals surface area contributed by atoms with Crippen LogP contribution in [-0.4, -0.2) is 33.1 Å². The molecule has 4 aromatic rings. The molecular weight excluding hydrogens is 430 g/mol. The number of aryl methyl sites for hydroxylation is 1. The van der Waals surface area contributed by atoms with Gasteiger partial charge >= 0.3 is 0 Å². The Kier molecular flexibility index (Phi) is 7.06. The van der Waals surface area contributed by atoms with Crippen LogP contribution in [0.3, 0.4) is 0 Å². The van der Waals surface area contributed by atoms with Gasteiger partial charge in [0.15, 0.2) is 5.49 Å². The Balaban J connectivity index is 1.91. The number of benzene rings is 1. The molecule has 34 heavy (non-hydrogen) atoms. The highest BCUT2D eigenvalue weighted by Gasteiger charge is 2.14. The minimum Gasteiger partial charge on any atom is -0.382 e. The molecule has 3 aromatic heterocycles. The van der Waals surface area contributed by atoms with Crippen molar-refractivity contribution >= 4 is 28.7 Å². The maximum atomic E-state index is 13.1. The molecule has 0 spiro atoms. The van der Waals surface area contributed by atoms with Crippen molar-refractivity contribution in [1.29, 1.82) is 5.26 Å². The molecule has 8 heteroatoms. The van der Waals surface area contributed by atoms with Crippen LogP contribution in [0.25, 0.3) is 22.8 Å². The van der Waals surface area contributed by atoms with Gasteiger partial charge in [0.1, 0.15) is 17.4 Å². The van der Waals surface area contributed by atoms with E-state index in [1.54, 1.807) is 35.0 Å². The SMILES string of the molecule is CCOCCCn1c(=NC(=O)C=Cc2ccccc2)c(C#N)cc2c(=O)n3ccccc3nc21. The molecule has 0 radical (unpaired) electrons. The van der Waals surface area contributed by atoms with Gasteiger partial charge in [0, 0.05) is 32.0 Å². The maximum absolute atomic E-state index is 13.1. The lowest BCUT2D eigenvalue weighted by molar-refractivity contribution is -0.113. The Bertz CT molecular complexity index is 1540. The molecule has 0 fully saturated rings. The first-order valence-electron chi connectivity index (χ1n) is 11.0. The van der Waals surface area contributed by atoms with Gasteiger partial charge in [-0.05, 0) is 43.2 Å². The second-order valence-corrected chi connectivity index (χ2v) is 7.47. The molecule has 0 aliphatic heterocycles. The number of aromatic nitrogens is 3. The van der Waals surface area contributed by atoms with Crippen LogP contribution in [0.1, 0.15) is 24.5 Å². The first-order valence-corrected chi connectivity index (χ1v) is 11.0. The number of rotatable bonds is 7. The largest absolute Gasteiger partial charge is 0.382 e. The van der Waals surface area contributed by atoms with Crippen molar-refractivity contribution < 1.29 is 9.53 Å². The van der Waals surface area contributed by atoms with Crippen LogP contribution in [0.2, 0.25) is 0 Å². The average molecular weight is 454 g/mol. The predicted molar refractivity (Wildman–Crippen MR) is 129 cm³/mol. The summed E-state index contributed by atoms with van der Waals surface area (Å²) in [4.78, 5) is 34.7. The molecule has 8 nitrogen and oxygen atoms in total. The van der Waals surface area contributed by atoms with Crippen molar-refractivity contribution in [2.45, 2.75) is 19.9 Å². The lowest BCUT2D eigenvalue weighted by Gasteiger charge is -2.13. The van der Waals surface area contributed by atoms with Gasteiger partial charge in [-0.3, -0.25) is 14.0 Å². The van der Waals surface area contributed by atoms with E-state index in [0.717, 1.165) is 5.56 Å². The Morgan fingerprint density at radius 3 is 2.76 bits per heavy atom. The van der Waals surface area contributed by atoms with E-state index in [0.29, 0.717) is 37.5 Å². The molecule has 0 saturated heterocycles. The number of carbonyl (C=O) groups excluding carboxylic acids is 1. The van der Waals surface area contributed by atoms with E-state index in [9.17, 15) is 14.9 Å². The highest BCUT2D eigenvalue weighted by atomic mass is 16.5. The number of ether oxygens (including phenoxy) is 1. The maximum Gasteiger partial charge on any atom is 0.271 e. The summed E-state index contributed by atoms with van der Waals surface area (Å²) in [7, 11) is 0. The van der Waals surface area contributed by atoms with Crippen molar-refractivity contribution in [3.8, 4) is 6.07 Å². The van der Waals surface area contributed by atoms with Crippen LogP contribution in [0, 0.1) is 11.3 Å². The monoisotopic (exact) mass is 453 g/mol. The molecule has 4 rings (SSSR count). The van der Waals surface area contributed by atoms with Crippen LogP contribution in [0.5, 0.6) is 0 Å². The van der Waals surface area contributed by atoms with Crippen molar-refractivity contribution in [3.05, 3.63) is 93.8 Å². The Labute approximate surface area is 195 Å². The quantitative estimate of drug-likeness (QED) is 0.243. The van der Waals surface area contributed by atoms with Gasteiger partial charge in [0.25, 0.3) is 11.5 Å². The third kappa shape index (κ3) is 4.85. The van der Waals surface area contributed by atoms with E-state index in [1.807, 2.05) is 37.3 Å². The van der Waals surface area contributed by atoms with E-state index in [1.165, 1.54) is 16.5 Å². The van der Waals surface area contributed by atoms with E-state index in [-0.39, 0.29) is 22.0 Å². The molecule has 0 saturated carbocycles. The van der Waals surface area contributed by atoms with Crippen molar-refractivity contribution in [1.82, 2.24) is 14.0 Å². The molecule has 1 amide bonds. The van der Waals surface area contributed by atoms with Crippen LogP contribution >= 0.6 is 0 Å². The average Bonchev–Trinajstić information content (AvgIpc) is 2.87. The second-order valence-electron chi connectivity index (χ2n) is 7.47. The fourth-order valence-corrected chi connectivity index (χ4v) is 3.63. The number of hydrogen-bond acceptors (Lipinski definition) is 5. The van der Waals surface area contributed by atoms with E-state index >= 15 is 0 Å². The molecule has 0 unspecified atom stereocenters. The predicted octanol–water partition coefficient (Wildman–Crippen LogP) is 3.09. The Morgan fingerprint density at radius 2 is 2.00 bits per heavy atom. The lowest BCUT2D eigenvalue weighted by Crippen LogP contribution is -2.29. The lowest BCUT2D eigenvalue weighted by atomic mass is 10.2. The third-order valence-corrected chi connectivity index (χ3v) is 5.22. The summed E-state index contributed by atoms with van der Waals surface area (Å²) in [6.07, 6.45) is 5.24. The van der Waals surface area contributed by atoms with Gasteiger partial charge in [-0.15, -0.1) is 0 Å². The van der Waals surface area contributed by atoms with Crippen LogP contribution in [-0.2, 0) is 16.1 Å². The number of pyridine rings is 2. The Morgan fingerprint density at radius 1 is 1.21 bits per heavy atom. The Hall–Kier alpha value is -4.35. The summed E-state index contributed by atoms with van der Waals surface area (Å²) in [5, 5.41) is 10.1. The standard InChI is InChI=1S/C26H23N5O3/c1-2-34-16-8-15-31-24(29-23(32)13-12-19-9-4-3-5-10-19)20(18-27)17-21-25(31)28-22-11-6-7-14-30(22)26(21)33/h3-7,9-14,17H,2,8,15-16H2,1H3. The number of nitrogens with zero attached hydrogens (tertiary/aromatic N) is 5. The normalized spacial score (nSPS) is 11.9. The summed E-state index contributed by atoms with van der Waals surface area (Å²) in [5.74, 6) is -0.518. The molecule has 0 N–H and O–H groups in total. The molecule has 170 valence electrons. The molecule has 3 heterocycles.